The van der Waals surface area contributed by atoms with Crippen molar-refractivity contribution < 1.29 is 0 Å². The van der Waals surface area contributed by atoms with Gasteiger partial charge in [0.05, 0.1) is 0 Å². The molecule has 2 fully saturated rings. The maximum atomic E-state index is 3.57. The first-order chi connectivity index (χ1) is 7.25. The molecular weight excluding hydrogens is 186 g/mol. The van der Waals surface area contributed by atoms with Crippen molar-refractivity contribution in [2.75, 3.05) is 46.3 Å². The van der Waals surface area contributed by atoms with Crippen molar-refractivity contribution in [3.05, 3.63) is 0 Å². The van der Waals surface area contributed by atoms with Crippen LogP contribution in [0.25, 0.3) is 0 Å². The normalized spacial score (nSPS) is 29.6. The van der Waals surface area contributed by atoms with E-state index >= 15 is 0 Å². The van der Waals surface area contributed by atoms with Gasteiger partial charge >= 0.3 is 0 Å². The highest BCUT2D eigenvalue weighted by molar-refractivity contribution is 4.79. The van der Waals surface area contributed by atoms with Crippen LogP contribution in [-0.4, -0.2) is 62.2 Å². The summed E-state index contributed by atoms with van der Waals surface area (Å²) in [5.41, 5.74) is 0. The van der Waals surface area contributed by atoms with E-state index < -0.39 is 0 Å². The molecule has 1 heterocycles. The van der Waals surface area contributed by atoms with Gasteiger partial charge in [0.2, 0.25) is 0 Å². The minimum Gasteiger partial charge on any atom is -0.315 e. The SMILES string of the molecule is CC1CN(C)CCN1CCNCC1CC1. The molecule has 2 aliphatic rings. The molecule has 2 rings (SSSR count). The predicted octanol–water partition coefficient (Wildman–Crippen LogP) is 0.622. The summed E-state index contributed by atoms with van der Waals surface area (Å²) in [4.78, 5) is 5.04. The molecule has 0 radical (unpaired) electrons. The third kappa shape index (κ3) is 3.74. The van der Waals surface area contributed by atoms with Crippen LogP contribution in [0.1, 0.15) is 19.8 Å². The number of rotatable bonds is 5. The summed E-state index contributed by atoms with van der Waals surface area (Å²) in [5.74, 6) is 1.01. The van der Waals surface area contributed by atoms with Gasteiger partial charge < -0.3 is 10.2 Å². The van der Waals surface area contributed by atoms with E-state index in [2.05, 4.69) is 29.1 Å². The Hall–Kier alpha value is -0.120. The molecule has 1 unspecified atom stereocenters. The van der Waals surface area contributed by atoms with Crippen molar-refractivity contribution in [3.8, 4) is 0 Å². The standard InChI is InChI=1S/C12H25N3/c1-11-10-14(2)7-8-15(11)6-5-13-9-12-3-4-12/h11-13H,3-10H2,1-2H3. The van der Waals surface area contributed by atoms with Gasteiger partial charge in [-0.15, -0.1) is 0 Å². The average molecular weight is 211 g/mol. The first-order valence-electron chi connectivity index (χ1n) is 6.39. The zero-order valence-electron chi connectivity index (χ0n) is 10.2. The molecule has 1 saturated heterocycles. The molecule has 88 valence electrons. The Morgan fingerprint density at radius 2 is 2.07 bits per heavy atom. The highest BCUT2D eigenvalue weighted by Gasteiger charge is 2.22. The summed E-state index contributed by atoms with van der Waals surface area (Å²) in [6.07, 6.45) is 2.91. The van der Waals surface area contributed by atoms with Gasteiger partial charge in [0.15, 0.2) is 0 Å². The summed E-state index contributed by atoms with van der Waals surface area (Å²) in [7, 11) is 2.22. The second-order valence-electron chi connectivity index (χ2n) is 5.29. The summed E-state index contributed by atoms with van der Waals surface area (Å²) in [6.45, 7) is 9.68. The number of piperazine rings is 1. The highest BCUT2D eigenvalue weighted by Crippen LogP contribution is 2.27. The Bertz CT molecular complexity index is 191. The molecule has 0 bridgehead atoms. The Morgan fingerprint density at radius 3 is 2.73 bits per heavy atom. The zero-order valence-corrected chi connectivity index (χ0v) is 10.2. The van der Waals surface area contributed by atoms with Crippen molar-refractivity contribution in [2.24, 2.45) is 5.92 Å². The Kier molecular flexibility index (Phi) is 4.00. The van der Waals surface area contributed by atoms with Gasteiger partial charge in [-0.1, -0.05) is 0 Å². The van der Waals surface area contributed by atoms with E-state index in [9.17, 15) is 0 Å². The molecule has 0 aromatic heterocycles. The first-order valence-corrected chi connectivity index (χ1v) is 6.39. The fourth-order valence-corrected chi connectivity index (χ4v) is 2.36. The van der Waals surface area contributed by atoms with E-state index in [0.29, 0.717) is 0 Å². The van der Waals surface area contributed by atoms with Gasteiger partial charge in [-0.05, 0) is 39.3 Å². The summed E-state index contributed by atoms with van der Waals surface area (Å²) in [6, 6.07) is 0.728. The first kappa shape index (κ1) is 11.4. The fourth-order valence-electron chi connectivity index (χ4n) is 2.36. The minimum absolute atomic E-state index is 0.728. The lowest BCUT2D eigenvalue weighted by Gasteiger charge is -2.38. The third-order valence-corrected chi connectivity index (χ3v) is 3.67. The molecule has 3 heteroatoms. The van der Waals surface area contributed by atoms with Crippen LogP contribution < -0.4 is 5.32 Å². The van der Waals surface area contributed by atoms with Crippen molar-refractivity contribution in [2.45, 2.75) is 25.8 Å². The topological polar surface area (TPSA) is 18.5 Å². The van der Waals surface area contributed by atoms with E-state index in [0.717, 1.165) is 12.0 Å². The number of likely N-dealkylation sites (N-methyl/N-ethyl adjacent to an activating group) is 1. The van der Waals surface area contributed by atoms with E-state index in [1.165, 1.54) is 52.1 Å². The lowest BCUT2D eigenvalue weighted by atomic mass is 10.2. The van der Waals surface area contributed by atoms with Crippen LogP contribution in [-0.2, 0) is 0 Å². The van der Waals surface area contributed by atoms with Crippen LogP contribution >= 0.6 is 0 Å². The maximum Gasteiger partial charge on any atom is 0.0195 e. The van der Waals surface area contributed by atoms with Crippen LogP contribution in [0.3, 0.4) is 0 Å². The van der Waals surface area contributed by atoms with Crippen molar-refractivity contribution in [3.63, 3.8) is 0 Å². The zero-order chi connectivity index (χ0) is 10.7. The predicted molar refractivity (Wildman–Crippen MR) is 64.1 cm³/mol. The molecule has 0 aromatic rings. The molecule has 0 aromatic carbocycles. The molecule has 15 heavy (non-hydrogen) atoms. The van der Waals surface area contributed by atoms with Gasteiger partial charge in [-0.2, -0.15) is 0 Å². The number of hydrogen-bond acceptors (Lipinski definition) is 3. The monoisotopic (exact) mass is 211 g/mol. The highest BCUT2D eigenvalue weighted by atomic mass is 15.3. The molecule has 1 N–H and O–H groups in total. The van der Waals surface area contributed by atoms with Gasteiger partial charge in [-0.3, -0.25) is 4.90 Å². The second kappa shape index (κ2) is 5.28. The Morgan fingerprint density at radius 1 is 1.27 bits per heavy atom. The molecule has 3 nitrogen and oxygen atoms in total. The smallest absolute Gasteiger partial charge is 0.0195 e. The molecule has 1 saturated carbocycles. The molecule has 1 aliphatic heterocycles. The summed E-state index contributed by atoms with van der Waals surface area (Å²) in [5, 5.41) is 3.57. The minimum atomic E-state index is 0.728. The molecule has 1 atom stereocenters. The van der Waals surface area contributed by atoms with Gasteiger partial charge in [-0.25, -0.2) is 0 Å². The van der Waals surface area contributed by atoms with Crippen LogP contribution in [0, 0.1) is 5.92 Å². The molecular formula is C12H25N3. The Balaban J connectivity index is 1.56. The molecule has 0 amide bonds. The van der Waals surface area contributed by atoms with Gasteiger partial charge in [0.1, 0.15) is 0 Å². The van der Waals surface area contributed by atoms with E-state index in [1.54, 1.807) is 0 Å². The van der Waals surface area contributed by atoms with Crippen molar-refractivity contribution in [1.82, 2.24) is 15.1 Å². The quantitative estimate of drug-likeness (QED) is 0.673. The van der Waals surface area contributed by atoms with E-state index in [-0.39, 0.29) is 0 Å². The fraction of sp³-hybridized carbons (Fsp3) is 1.00. The lowest BCUT2D eigenvalue weighted by molar-refractivity contribution is 0.101. The largest absolute Gasteiger partial charge is 0.315 e. The van der Waals surface area contributed by atoms with E-state index in [4.69, 9.17) is 0 Å². The number of nitrogens with one attached hydrogen (secondary N) is 1. The molecule has 0 spiro atoms. The van der Waals surface area contributed by atoms with E-state index in [1.807, 2.05) is 0 Å². The maximum absolute atomic E-state index is 3.57. The third-order valence-electron chi connectivity index (χ3n) is 3.67. The second-order valence-corrected chi connectivity index (χ2v) is 5.29. The summed E-state index contributed by atoms with van der Waals surface area (Å²) < 4.78 is 0. The number of hydrogen-bond donors (Lipinski definition) is 1. The van der Waals surface area contributed by atoms with Crippen LogP contribution in [0.5, 0.6) is 0 Å². The Labute approximate surface area is 93.8 Å². The molecule has 1 aliphatic carbocycles. The number of nitrogens with zero attached hydrogens (tertiary/aromatic N) is 2. The lowest BCUT2D eigenvalue weighted by Crippen LogP contribution is -2.52. The summed E-state index contributed by atoms with van der Waals surface area (Å²) >= 11 is 0. The van der Waals surface area contributed by atoms with Crippen LogP contribution in [0.4, 0.5) is 0 Å². The van der Waals surface area contributed by atoms with Crippen molar-refractivity contribution >= 4 is 0 Å². The van der Waals surface area contributed by atoms with Gasteiger partial charge in [0, 0.05) is 38.8 Å². The van der Waals surface area contributed by atoms with Crippen molar-refractivity contribution in [1.29, 1.82) is 0 Å². The van der Waals surface area contributed by atoms with Crippen LogP contribution in [0.15, 0.2) is 0 Å². The van der Waals surface area contributed by atoms with Crippen LogP contribution in [0.2, 0.25) is 0 Å². The van der Waals surface area contributed by atoms with Gasteiger partial charge in [0.25, 0.3) is 0 Å². The average Bonchev–Trinajstić information content (AvgIpc) is 2.99.